The van der Waals surface area contributed by atoms with Gasteiger partial charge in [-0.25, -0.2) is 0 Å². The highest BCUT2D eigenvalue weighted by atomic mass is 32.2. The van der Waals surface area contributed by atoms with E-state index in [9.17, 15) is 18.0 Å². The molecule has 152 valence electrons. The van der Waals surface area contributed by atoms with Gasteiger partial charge in [0.15, 0.2) is 5.69 Å². The lowest BCUT2D eigenvalue weighted by atomic mass is 9.98. The molecule has 2 aromatic rings. The predicted octanol–water partition coefficient (Wildman–Crippen LogP) is 4.10. The van der Waals surface area contributed by atoms with Crippen molar-refractivity contribution < 1.29 is 18.0 Å². The van der Waals surface area contributed by atoms with E-state index < -0.39 is 17.8 Å². The Bertz CT molecular complexity index is 806. The third-order valence-corrected chi connectivity index (χ3v) is 6.56. The fourth-order valence-corrected chi connectivity index (χ4v) is 4.76. The summed E-state index contributed by atoms with van der Waals surface area (Å²) in [7, 11) is 2.64. The topological polar surface area (TPSA) is 49.0 Å². The van der Waals surface area contributed by atoms with E-state index in [0.29, 0.717) is 19.0 Å². The van der Waals surface area contributed by atoms with E-state index in [-0.39, 0.29) is 5.69 Å². The van der Waals surface area contributed by atoms with Gasteiger partial charge in [-0.05, 0) is 47.6 Å². The molecule has 1 fully saturated rings. The molecule has 1 amide bonds. The molecule has 1 aliphatic rings. The number of carbonyl (C=O) groups is 1. The molecule has 0 aliphatic carbocycles. The van der Waals surface area contributed by atoms with Crippen molar-refractivity contribution >= 4 is 32.2 Å². The standard InChI is InChI=1S/C19H23F3N3OPS/c20-19(21,22)17-11-15(23-24-17)18(26)25(8-5-13-6-9-28-10-7-13)12-14-3-1-2-4-16(14)27/h1-4,11,13H,5-10,12,27H2,(H,23,24). The second kappa shape index (κ2) is 9.31. The summed E-state index contributed by atoms with van der Waals surface area (Å²) in [6.07, 6.45) is -1.48. The molecule has 1 saturated heterocycles. The van der Waals surface area contributed by atoms with Gasteiger partial charge in [0.25, 0.3) is 5.91 Å². The maximum Gasteiger partial charge on any atom is 0.435 e. The second-order valence-corrected chi connectivity index (χ2v) is 8.78. The summed E-state index contributed by atoms with van der Waals surface area (Å²) >= 11 is 1.94. The van der Waals surface area contributed by atoms with E-state index >= 15 is 0 Å². The SMILES string of the molecule is O=C(c1cc(C(F)(F)F)n[nH]1)N(CCC1CCSCC1)Cc1ccccc1P. The first-order valence-corrected chi connectivity index (χ1v) is 10.9. The van der Waals surface area contributed by atoms with E-state index in [2.05, 4.69) is 19.4 Å². The zero-order chi connectivity index (χ0) is 20.1. The van der Waals surface area contributed by atoms with E-state index in [1.807, 2.05) is 36.0 Å². The molecule has 1 aliphatic heterocycles. The summed E-state index contributed by atoms with van der Waals surface area (Å²) in [5, 5.41) is 6.49. The summed E-state index contributed by atoms with van der Waals surface area (Å²) in [5.74, 6) is 2.35. The second-order valence-electron chi connectivity index (χ2n) is 6.93. The van der Waals surface area contributed by atoms with Crippen LogP contribution in [0.2, 0.25) is 0 Å². The first kappa shape index (κ1) is 21.2. The van der Waals surface area contributed by atoms with Crippen molar-refractivity contribution in [3.05, 3.63) is 47.3 Å². The van der Waals surface area contributed by atoms with Gasteiger partial charge in [-0.15, -0.1) is 9.24 Å². The number of thioether (sulfide) groups is 1. The van der Waals surface area contributed by atoms with Gasteiger partial charge in [0.2, 0.25) is 0 Å². The van der Waals surface area contributed by atoms with Gasteiger partial charge in [-0.3, -0.25) is 9.89 Å². The summed E-state index contributed by atoms with van der Waals surface area (Å²) < 4.78 is 38.5. The van der Waals surface area contributed by atoms with Crippen LogP contribution in [-0.4, -0.2) is 39.1 Å². The van der Waals surface area contributed by atoms with E-state index in [4.69, 9.17) is 0 Å². The quantitative estimate of drug-likeness (QED) is 0.704. The van der Waals surface area contributed by atoms with Crippen LogP contribution >= 0.6 is 21.0 Å². The molecule has 4 nitrogen and oxygen atoms in total. The van der Waals surface area contributed by atoms with Crippen molar-refractivity contribution in [1.29, 1.82) is 0 Å². The highest BCUT2D eigenvalue weighted by Gasteiger charge is 2.35. The van der Waals surface area contributed by atoms with Crippen LogP contribution in [0.25, 0.3) is 0 Å². The largest absolute Gasteiger partial charge is 0.435 e. The molecule has 0 radical (unpaired) electrons. The number of aromatic amines is 1. The number of H-pyrrole nitrogens is 1. The average molecular weight is 429 g/mol. The molecule has 0 saturated carbocycles. The van der Waals surface area contributed by atoms with E-state index in [1.165, 1.54) is 0 Å². The number of hydrogen-bond acceptors (Lipinski definition) is 3. The number of aromatic nitrogens is 2. The maximum absolute atomic E-state index is 12.9. The molecule has 2 heterocycles. The van der Waals surface area contributed by atoms with Crippen LogP contribution in [-0.2, 0) is 12.7 Å². The Kier molecular flexibility index (Phi) is 7.05. The van der Waals surface area contributed by atoms with Crippen LogP contribution < -0.4 is 5.30 Å². The number of nitrogens with one attached hydrogen (secondary N) is 1. The minimum Gasteiger partial charge on any atom is -0.333 e. The number of rotatable bonds is 6. The van der Waals surface area contributed by atoms with Gasteiger partial charge in [0.05, 0.1) is 0 Å². The summed E-state index contributed by atoms with van der Waals surface area (Å²) in [4.78, 5) is 14.6. The van der Waals surface area contributed by atoms with Crippen LogP contribution in [0, 0.1) is 5.92 Å². The van der Waals surface area contributed by atoms with Gasteiger partial charge in [-0.2, -0.15) is 30.0 Å². The zero-order valence-corrected chi connectivity index (χ0v) is 17.3. The number of hydrogen-bond donors (Lipinski definition) is 1. The molecule has 0 spiro atoms. The fourth-order valence-electron chi connectivity index (χ4n) is 3.26. The average Bonchev–Trinajstić information content (AvgIpc) is 3.17. The lowest BCUT2D eigenvalue weighted by Crippen LogP contribution is -2.34. The zero-order valence-electron chi connectivity index (χ0n) is 15.3. The summed E-state index contributed by atoms with van der Waals surface area (Å²) in [6.45, 7) is 0.855. The third-order valence-electron chi connectivity index (χ3n) is 4.95. The molecule has 3 rings (SSSR count). The molecule has 1 aromatic carbocycles. The number of benzene rings is 1. The highest BCUT2D eigenvalue weighted by molar-refractivity contribution is 7.99. The molecular formula is C19H23F3N3OPS. The van der Waals surface area contributed by atoms with Crippen LogP contribution in [0.4, 0.5) is 13.2 Å². The fraction of sp³-hybridized carbons (Fsp3) is 0.474. The van der Waals surface area contributed by atoms with E-state index in [1.54, 1.807) is 4.90 Å². The van der Waals surface area contributed by atoms with Crippen molar-refractivity contribution in [2.45, 2.75) is 32.0 Å². The number of nitrogens with zero attached hydrogens (tertiary/aromatic N) is 2. The van der Waals surface area contributed by atoms with Crippen LogP contribution in [0.3, 0.4) is 0 Å². The lowest BCUT2D eigenvalue weighted by molar-refractivity contribution is -0.141. The summed E-state index contributed by atoms with van der Waals surface area (Å²) in [6, 6.07) is 8.44. The molecule has 1 atom stereocenters. The lowest BCUT2D eigenvalue weighted by Gasteiger charge is -2.27. The Morgan fingerprint density at radius 3 is 2.64 bits per heavy atom. The maximum atomic E-state index is 12.9. The van der Waals surface area contributed by atoms with Crippen LogP contribution in [0.5, 0.6) is 0 Å². The van der Waals surface area contributed by atoms with Crippen molar-refractivity contribution in [3.63, 3.8) is 0 Å². The van der Waals surface area contributed by atoms with Crippen LogP contribution in [0.15, 0.2) is 30.3 Å². The van der Waals surface area contributed by atoms with E-state index in [0.717, 1.165) is 47.7 Å². The normalized spacial score (nSPS) is 15.6. The Morgan fingerprint density at radius 2 is 2.00 bits per heavy atom. The number of halogens is 3. The molecular weight excluding hydrogens is 406 g/mol. The van der Waals surface area contributed by atoms with Crippen molar-refractivity contribution in [1.82, 2.24) is 15.1 Å². The van der Waals surface area contributed by atoms with Gasteiger partial charge >= 0.3 is 6.18 Å². The molecule has 9 heteroatoms. The molecule has 28 heavy (non-hydrogen) atoms. The minimum atomic E-state index is -4.58. The Balaban J connectivity index is 1.76. The van der Waals surface area contributed by atoms with Gasteiger partial charge in [0.1, 0.15) is 5.69 Å². The van der Waals surface area contributed by atoms with Gasteiger partial charge in [0, 0.05) is 19.2 Å². The van der Waals surface area contributed by atoms with Crippen molar-refractivity contribution in [2.75, 3.05) is 18.1 Å². The first-order valence-electron chi connectivity index (χ1n) is 9.17. The number of amides is 1. The Morgan fingerprint density at radius 1 is 1.29 bits per heavy atom. The minimum absolute atomic E-state index is 0.132. The molecule has 0 bridgehead atoms. The van der Waals surface area contributed by atoms with Gasteiger partial charge < -0.3 is 4.90 Å². The smallest absolute Gasteiger partial charge is 0.333 e. The number of alkyl halides is 3. The molecule has 1 unspecified atom stereocenters. The van der Waals surface area contributed by atoms with Crippen molar-refractivity contribution in [2.24, 2.45) is 5.92 Å². The van der Waals surface area contributed by atoms with Gasteiger partial charge in [-0.1, -0.05) is 24.3 Å². The first-order chi connectivity index (χ1) is 13.3. The monoisotopic (exact) mass is 429 g/mol. The summed E-state index contributed by atoms with van der Waals surface area (Å²) in [5.41, 5.74) is -0.255. The molecule has 1 aromatic heterocycles. The Labute approximate surface area is 168 Å². The third kappa shape index (κ3) is 5.51. The number of carbonyl (C=O) groups excluding carboxylic acids is 1. The van der Waals surface area contributed by atoms with Crippen molar-refractivity contribution in [3.8, 4) is 0 Å². The highest BCUT2D eigenvalue weighted by Crippen LogP contribution is 2.29. The Hall–Kier alpha value is -1.53. The predicted molar refractivity (Wildman–Crippen MR) is 109 cm³/mol. The van der Waals surface area contributed by atoms with Crippen LogP contribution in [0.1, 0.15) is 41.0 Å². The molecule has 1 N–H and O–H groups in total.